The fourth-order valence-electron chi connectivity index (χ4n) is 1.29. The van der Waals surface area contributed by atoms with Crippen LogP contribution in [0.3, 0.4) is 0 Å². The van der Waals surface area contributed by atoms with Crippen molar-refractivity contribution in [3.8, 4) is 6.07 Å². The fourth-order valence-corrected chi connectivity index (χ4v) is 1.87. The van der Waals surface area contributed by atoms with Gasteiger partial charge in [-0.3, -0.25) is 4.79 Å². The zero-order valence-electron chi connectivity index (χ0n) is 8.63. The molecule has 0 radical (unpaired) electrons. The number of carbonyl (C=O) groups is 1. The van der Waals surface area contributed by atoms with Crippen LogP contribution in [0.2, 0.25) is 10.0 Å². The number of benzene rings is 1. The van der Waals surface area contributed by atoms with Crippen molar-refractivity contribution in [3.63, 3.8) is 0 Å². The van der Waals surface area contributed by atoms with Gasteiger partial charge >= 0.3 is 0 Å². The summed E-state index contributed by atoms with van der Waals surface area (Å²) in [6, 6.07) is 6.61. The van der Waals surface area contributed by atoms with Crippen LogP contribution in [0.4, 0.5) is 0 Å². The van der Waals surface area contributed by atoms with Crippen LogP contribution in [0.1, 0.15) is 24.9 Å². The topological polar surface area (TPSA) is 52.9 Å². The van der Waals surface area contributed by atoms with Crippen molar-refractivity contribution in [2.24, 2.45) is 0 Å². The van der Waals surface area contributed by atoms with Crippen molar-refractivity contribution >= 4 is 29.1 Å². The van der Waals surface area contributed by atoms with E-state index in [0.717, 1.165) is 5.56 Å². The summed E-state index contributed by atoms with van der Waals surface area (Å²) in [5, 5.41) is 12.1. The fraction of sp³-hybridized carbons (Fsp3) is 0.273. The van der Waals surface area contributed by atoms with Gasteiger partial charge in [0.1, 0.15) is 6.42 Å². The molecule has 0 aliphatic rings. The number of hydrogen-bond donors (Lipinski definition) is 1. The highest BCUT2D eigenvalue weighted by molar-refractivity contribution is 6.35. The number of hydrogen-bond acceptors (Lipinski definition) is 2. The average Bonchev–Trinajstić information content (AvgIpc) is 2.17. The maximum Gasteiger partial charge on any atom is 0.234 e. The first kappa shape index (κ1) is 12.8. The van der Waals surface area contributed by atoms with Crippen molar-refractivity contribution < 1.29 is 4.79 Å². The molecule has 1 atom stereocenters. The van der Waals surface area contributed by atoms with Gasteiger partial charge in [0.05, 0.1) is 12.1 Å². The van der Waals surface area contributed by atoms with E-state index in [1.807, 2.05) is 0 Å². The van der Waals surface area contributed by atoms with Gasteiger partial charge in [-0.15, -0.1) is 0 Å². The van der Waals surface area contributed by atoms with Crippen molar-refractivity contribution in [1.82, 2.24) is 5.32 Å². The molecule has 0 saturated heterocycles. The average molecular weight is 257 g/mol. The van der Waals surface area contributed by atoms with E-state index in [2.05, 4.69) is 5.32 Å². The van der Waals surface area contributed by atoms with Gasteiger partial charge in [-0.25, -0.2) is 0 Å². The zero-order chi connectivity index (χ0) is 12.1. The molecule has 84 valence electrons. The summed E-state index contributed by atoms with van der Waals surface area (Å²) in [6.07, 6.45) is -0.157. The van der Waals surface area contributed by atoms with E-state index in [-0.39, 0.29) is 18.4 Å². The summed E-state index contributed by atoms with van der Waals surface area (Å²) >= 11 is 11.7. The van der Waals surface area contributed by atoms with E-state index >= 15 is 0 Å². The van der Waals surface area contributed by atoms with E-state index in [9.17, 15) is 4.79 Å². The van der Waals surface area contributed by atoms with Crippen molar-refractivity contribution in [2.45, 2.75) is 19.4 Å². The van der Waals surface area contributed by atoms with Crippen molar-refractivity contribution in [3.05, 3.63) is 33.8 Å². The zero-order valence-corrected chi connectivity index (χ0v) is 10.1. The molecular formula is C11H10Cl2N2O. The maximum atomic E-state index is 11.2. The van der Waals surface area contributed by atoms with Crippen LogP contribution >= 0.6 is 23.2 Å². The van der Waals surface area contributed by atoms with Gasteiger partial charge in [-0.05, 0) is 24.6 Å². The number of rotatable bonds is 3. The van der Waals surface area contributed by atoms with E-state index in [1.165, 1.54) is 0 Å². The van der Waals surface area contributed by atoms with Crippen LogP contribution in [0, 0.1) is 11.3 Å². The van der Waals surface area contributed by atoms with Gasteiger partial charge in [0.15, 0.2) is 0 Å². The van der Waals surface area contributed by atoms with Crippen LogP contribution in [0.25, 0.3) is 0 Å². The molecule has 1 unspecified atom stereocenters. The molecule has 0 aromatic heterocycles. The largest absolute Gasteiger partial charge is 0.349 e. The Hall–Kier alpha value is -1.24. The van der Waals surface area contributed by atoms with Crippen molar-refractivity contribution in [1.29, 1.82) is 5.26 Å². The summed E-state index contributed by atoms with van der Waals surface area (Å²) < 4.78 is 0. The Morgan fingerprint density at radius 1 is 1.56 bits per heavy atom. The Balaban J connectivity index is 2.77. The van der Waals surface area contributed by atoms with Crippen molar-refractivity contribution in [2.75, 3.05) is 0 Å². The molecule has 0 aliphatic heterocycles. The summed E-state index contributed by atoms with van der Waals surface area (Å²) in [7, 11) is 0. The van der Waals surface area contributed by atoms with E-state index in [0.29, 0.717) is 10.0 Å². The van der Waals surface area contributed by atoms with E-state index < -0.39 is 0 Å². The molecule has 3 nitrogen and oxygen atoms in total. The molecule has 5 heteroatoms. The predicted octanol–water partition coefficient (Wildman–Crippen LogP) is 3.08. The molecule has 0 bridgehead atoms. The first-order valence-corrected chi connectivity index (χ1v) is 5.41. The number of halogens is 2. The van der Waals surface area contributed by atoms with Gasteiger partial charge in [0.2, 0.25) is 5.91 Å². The molecule has 0 saturated carbocycles. The van der Waals surface area contributed by atoms with Gasteiger partial charge in [-0.1, -0.05) is 29.3 Å². The highest BCUT2D eigenvalue weighted by atomic mass is 35.5. The van der Waals surface area contributed by atoms with Gasteiger partial charge < -0.3 is 5.32 Å². The molecule has 1 rings (SSSR count). The molecule has 1 amide bonds. The second-order valence-electron chi connectivity index (χ2n) is 3.29. The lowest BCUT2D eigenvalue weighted by molar-refractivity contribution is -0.120. The second kappa shape index (κ2) is 5.74. The molecular weight excluding hydrogens is 247 g/mol. The van der Waals surface area contributed by atoms with Gasteiger partial charge in [0.25, 0.3) is 0 Å². The molecule has 16 heavy (non-hydrogen) atoms. The van der Waals surface area contributed by atoms with Crippen LogP contribution in [0.5, 0.6) is 0 Å². The summed E-state index contributed by atoms with van der Waals surface area (Å²) in [5.74, 6) is -0.319. The third-order valence-corrected chi connectivity index (χ3v) is 2.61. The molecule has 0 heterocycles. The predicted molar refractivity (Wildman–Crippen MR) is 63.2 cm³/mol. The van der Waals surface area contributed by atoms with Gasteiger partial charge in [0, 0.05) is 10.0 Å². The number of amides is 1. The third kappa shape index (κ3) is 3.41. The lowest BCUT2D eigenvalue weighted by atomic mass is 10.1. The quantitative estimate of drug-likeness (QED) is 0.904. The molecule has 0 spiro atoms. The number of nitrogens with zero attached hydrogens (tertiary/aromatic N) is 1. The molecule has 1 N–H and O–H groups in total. The summed E-state index contributed by atoms with van der Waals surface area (Å²) in [5.41, 5.74) is 0.775. The van der Waals surface area contributed by atoms with Crippen LogP contribution < -0.4 is 5.32 Å². The monoisotopic (exact) mass is 256 g/mol. The normalized spacial score (nSPS) is 11.6. The Kier molecular flexibility index (Phi) is 4.60. The van der Waals surface area contributed by atoms with Crippen LogP contribution in [-0.2, 0) is 4.79 Å². The molecule has 0 aliphatic carbocycles. The SMILES string of the molecule is CC(NC(=O)CC#N)c1ccc(Cl)cc1Cl. The number of nitrogens with one attached hydrogen (secondary N) is 1. The molecule has 1 aromatic rings. The smallest absolute Gasteiger partial charge is 0.234 e. The lowest BCUT2D eigenvalue weighted by Crippen LogP contribution is -2.26. The number of carbonyl (C=O) groups excluding carboxylic acids is 1. The Morgan fingerprint density at radius 2 is 2.25 bits per heavy atom. The standard InChI is InChI=1S/C11H10Cl2N2O/c1-7(15-11(16)4-5-14)9-3-2-8(12)6-10(9)13/h2-3,6-7H,4H2,1H3,(H,15,16). The first-order chi connectivity index (χ1) is 7.54. The third-order valence-electron chi connectivity index (χ3n) is 2.05. The number of nitriles is 1. The second-order valence-corrected chi connectivity index (χ2v) is 4.13. The highest BCUT2D eigenvalue weighted by Gasteiger charge is 2.12. The molecule has 1 aromatic carbocycles. The maximum absolute atomic E-state index is 11.2. The highest BCUT2D eigenvalue weighted by Crippen LogP contribution is 2.25. The lowest BCUT2D eigenvalue weighted by Gasteiger charge is -2.14. The van der Waals surface area contributed by atoms with E-state index in [4.69, 9.17) is 28.5 Å². The summed E-state index contributed by atoms with van der Waals surface area (Å²) in [4.78, 5) is 11.2. The Bertz CT molecular complexity index is 440. The Morgan fingerprint density at radius 3 is 2.81 bits per heavy atom. The van der Waals surface area contributed by atoms with E-state index in [1.54, 1.807) is 31.2 Å². The minimum atomic E-state index is -0.319. The first-order valence-electron chi connectivity index (χ1n) is 4.66. The molecule has 0 fully saturated rings. The Labute approximate surface area is 104 Å². The minimum Gasteiger partial charge on any atom is -0.349 e. The summed E-state index contributed by atoms with van der Waals surface area (Å²) in [6.45, 7) is 1.80. The van der Waals surface area contributed by atoms with Crippen LogP contribution in [-0.4, -0.2) is 5.91 Å². The minimum absolute atomic E-state index is 0.157. The van der Waals surface area contributed by atoms with Crippen LogP contribution in [0.15, 0.2) is 18.2 Å². The van der Waals surface area contributed by atoms with Gasteiger partial charge in [-0.2, -0.15) is 5.26 Å².